The first-order chi connectivity index (χ1) is 12.2. The number of fused-ring (bicyclic) bond motifs is 5. The normalized spacial score (nSPS) is 53.0. The molecule has 4 fully saturated rings. The van der Waals surface area contributed by atoms with E-state index in [1.807, 2.05) is 0 Å². The van der Waals surface area contributed by atoms with Gasteiger partial charge in [-0.15, -0.1) is 6.42 Å². The number of carbonyl (C=O) groups excluding carboxylic acids is 1. The fourth-order valence-corrected chi connectivity index (χ4v) is 7.81. The van der Waals surface area contributed by atoms with Crippen LogP contribution < -0.4 is 0 Å². The van der Waals surface area contributed by atoms with E-state index in [1.54, 1.807) is 0 Å². The second-order valence-corrected chi connectivity index (χ2v) is 10.2. The van der Waals surface area contributed by atoms with Gasteiger partial charge in [0.2, 0.25) is 0 Å². The maximum Gasteiger partial charge on any atom is 0.302 e. The first kappa shape index (κ1) is 18.4. The van der Waals surface area contributed by atoms with Crippen LogP contribution >= 0.6 is 0 Å². The lowest BCUT2D eigenvalue weighted by Gasteiger charge is -2.61. The molecule has 26 heavy (non-hydrogen) atoms. The molecule has 0 aromatic rings. The van der Waals surface area contributed by atoms with E-state index in [-0.39, 0.29) is 17.5 Å². The van der Waals surface area contributed by atoms with E-state index in [0.29, 0.717) is 23.2 Å². The van der Waals surface area contributed by atoms with Crippen molar-refractivity contribution in [2.24, 2.45) is 34.5 Å². The third-order valence-electron chi connectivity index (χ3n) is 9.34. The zero-order valence-corrected chi connectivity index (χ0v) is 16.6. The van der Waals surface area contributed by atoms with E-state index in [2.05, 4.69) is 19.8 Å². The maximum absolute atomic E-state index is 11.4. The van der Waals surface area contributed by atoms with Crippen LogP contribution in [0.3, 0.4) is 0 Å². The predicted octanol–water partition coefficient (Wildman–Crippen LogP) is 4.33. The van der Waals surface area contributed by atoms with E-state index in [1.165, 1.54) is 32.6 Å². The largest absolute Gasteiger partial charge is 0.463 e. The van der Waals surface area contributed by atoms with Crippen LogP contribution in [-0.4, -0.2) is 22.8 Å². The third kappa shape index (κ3) is 2.40. The van der Waals surface area contributed by atoms with E-state index in [4.69, 9.17) is 11.2 Å². The van der Waals surface area contributed by atoms with E-state index in [0.717, 1.165) is 38.0 Å². The van der Waals surface area contributed by atoms with Gasteiger partial charge in [-0.2, -0.15) is 0 Å². The molecule has 4 aliphatic rings. The van der Waals surface area contributed by atoms with E-state index >= 15 is 0 Å². The molecule has 8 atom stereocenters. The van der Waals surface area contributed by atoms with Crippen LogP contribution in [0.5, 0.6) is 0 Å². The number of esters is 1. The number of carbonyl (C=O) groups is 1. The summed E-state index contributed by atoms with van der Waals surface area (Å²) in [6.07, 6.45) is 15.7. The second-order valence-electron chi connectivity index (χ2n) is 10.2. The Hall–Kier alpha value is -1.01. The average molecular weight is 359 g/mol. The van der Waals surface area contributed by atoms with Gasteiger partial charge in [0.05, 0.1) is 0 Å². The van der Waals surface area contributed by atoms with Crippen molar-refractivity contribution in [3.05, 3.63) is 0 Å². The summed E-state index contributed by atoms with van der Waals surface area (Å²) in [5.41, 5.74) is -0.661. The number of hydrogen-bond acceptors (Lipinski definition) is 3. The first-order valence-electron chi connectivity index (χ1n) is 10.6. The molecule has 0 radical (unpaired) electrons. The minimum Gasteiger partial charge on any atom is -0.463 e. The maximum atomic E-state index is 11.4. The molecule has 0 saturated heterocycles. The molecule has 0 aromatic carbocycles. The van der Waals surface area contributed by atoms with Crippen molar-refractivity contribution in [1.82, 2.24) is 0 Å². The molecule has 3 heteroatoms. The Balaban J connectivity index is 1.56. The monoisotopic (exact) mass is 358 g/mol. The van der Waals surface area contributed by atoms with Crippen molar-refractivity contribution in [3.63, 3.8) is 0 Å². The molecule has 0 spiro atoms. The highest BCUT2D eigenvalue weighted by Gasteiger charge is 2.64. The number of aliphatic hydroxyl groups is 1. The highest BCUT2D eigenvalue weighted by Crippen LogP contribution is 2.68. The van der Waals surface area contributed by atoms with Crippen molar-refractivity contribution in [2.75, 3.05) is 0 Å². The molecule has 4 aliphatic carbocycles. The number of hydrogen-bond donors (Lipinski definition) is 1. The lowest BCUT2D eigenvalue weighted by Crippen LogP contribution is -2.56. The van der Waals surface area contributed by atoms with Crippen LogP contribution in [-0.2, 0) is 9.53 Å². The summed E-state index contributed by atoms with van der Waals surface area (Å²) < 4.78 is 5.55. The summed E-state index contributed by atoms with van der Waals surface area (Å²) in [5.74, 6) is 5.29. The van der Waals surface area contributed by atoms with Gasteiger partial charge in [-0.25, -0.2) is 0 Å². The van der Waals surface area contributed by atoms with Gasteiger partial charge in [0.15, 0.2) is 0 Å². The van der Waals surface area contributed by atoms with Crippen LogP contribution in [0.4, 0.5) is 0 Å². The molecule has 4 saturated carbocycles. The molecular weight excluding hydrogens is 324 g/mol. The molecule has 1 N–H and O–H groups in total. The quantitative estimate of drug-likeness (QED) is 0.561. The molecule has 0 aromatic heterocycles. The zero-order chi connectivity index (χ0) is 18.7. The Kier molecular flexibility index (Phi) is 4.23. The summed E-state index contributed by atoms with van der Waals surface area (Å²) in [5, 5.41) is 11.1. The third-order valence-corrected chi connectivity index (χ3v) is 9.34. The van der Waals surface area contributed by atoms with Gasteiger partial charge in [-0.3, -0.25) is 4.79 Å². The summed E-state index contributed by atoms with van der Waals surface area (Å²) in [7, 11) is 0. The predicted molar refractivity (Wildman–Crippen MR) is 101 cm³/mol. The van der Waals surface area contributed by atoms with Crippen LogP contribution in [0, 0.1) is 46.8 Å². The molecule has 0 heterocycles. The minimum absolute atomic E-state index is 0.110. The van der Waals surface area contributed by atoms with E-state index < -0.39 is 5.60 Å². The topological polar surface area (TPSA) is 46.5 Å². The number of ether oxygens (including phenoxy) is 1. The molecule has 4 rings (SSSR count). The minimum atomic E-state index is -0.909. The van der Waals surface area contributed by atoms with Gasteiger partial charge >= 0.3 is 5.97 Å². The van der Waals surface area contributed by atoms with Gasteiger partial charge in [0.25, 0.3) is 0 Å². The molecule has 3 nitrogen and oxygen atoms in total. The summed E-state index contributed by atoms with van der Waals surface area (Å²) >= 11 is 0. The smallest absolute Gasteiger partial charge is 0.302 e. The lowest BCUT2D eigenvalue weighted by atomic mass is 9.44. The van der Waals surface area contributed by atoms with Crippen molar-refractivity contribution >= 4 is 5.97 Å². The van der Waals surface area contributed by atoms with Crippen molar-refractivity contribution in [2.45, 2.75) is 90.3 Å². The SMILES string of the molecule is C#C[C@]1(O)CC[C@@H]2[C@H]3CC[C@H]4C[C@@H](OC(C)=O)CC[C@]4(C)[C@@H]3CC[C@]21C. The highest BCUT2D eigenvalue weighted by atomic mass is 16.5. The zero-order valence-electron chi connectivity index (χ0n) is 16.6. The fraction of sp³-hybridized carbons (Fsp3) is 0.870. The Morgan fingerprint density at radius 2 is 1.81 bits per heavy atom. The molecule has 0 aliphatic heterocycles. The summed E-state index contributed by atoms with van der Waals surface area (Å²) in [6.45, 7) is 6.29. The fourth-order valence-electron chi connectivity index (χ4n) is 7.81. The Labute approximate surface area is 158 Å². The molecule has 0 unspecified atom stereocenters. The van der Waals surface area contributed by atoms with Gasteiger partial charge in [-0.1, -0.05) is 19.8 Å². The first-order valence-corrected chi connectivity index (χ1v) is 10.6. The Morgan fingerprint density at radius 1 is 1.08 bits per heavy atom. The van der Waals surface area contributed by atoms with Crippen LogP contribution in [0.1, 0.15) is 78.6 Å². The van der Waals surface area contributed by atoms with Crippen LogP contribution in [0.25, 0.3) is 0 Å². The standard InChI is InChI=1S/C23H34O3/c1-5-23(25)13-10-20-18-7-6-16-14-17(26-15(2)24)8-11-21(16,3)19(18)9-12-22(20,23)4/h1,16-20,25H,6-14H2,2-4H3/t16-,17-,18-,19+,20+,21-,22+,23-/m0/s1. The van der Waals surface area contributed by atoms with Crippen LogP contribution in [0.2, 0.25) is 0 Å². The summed E-state index contributed by atoms with van der Waals surface area (Å²) in [4.78, 5) is 11.4. The lowest BCUT2D eigenvalue weighted by molar-refractivity contribution is -0.163. The van der Waals surface area contributed by atoms with Gasteiger partial charge in [0, 0.05) is 12.3 Å². The van der Waals surface area contributed by atoms with Crippen molar-refractivity contribution in [3.8, 4) is 12.3 Å². The Morgan fingerprint density at radius 3 is 2.50 bits per heavy atom. The number of terminal acetylenes is 1. The van der Waals surface area contributed by atoms with Gasteiger partial charge in [0.1, 0.15) is 11.7 Å². The second kappa shape index (κ2) is 5.99. The van der Waals surface area contributed by atoms with Crippen molar-refractivity contribution in [1.29, 1.82) is 0 Å². The highest BCUT2D eigenvalue weighted by molar-refractivity contribution is 5.66. The van der Waals surface area contributed by atoms with Gasteiger partial charge < -0.3 is 9.84 Å². The van der Waals surface area contributed by atoms with Crippen molar-refractivity contribution < 1.29 is 14.6 Å². The molecular formula is C23H34O3. The van der Waals surface area contributed by atoms with Crippen LogP contribution in [0.15, 0.2) is 0 Å². The summed E-state index contributed by atoms with van der Waals surface area (Å²) in [6, 6.07) is 0. The van der Waals surface area contributed by atoms with E-state index in [9.17, 15) is 9.90 Å². The molecule has 0 amide bonds. The molecule has 144 valence electrons. The number of rotatable bonds is 1. The Bertz CT molecular complexity index is 636. The molecule has 0 bridgehead atoms. The average Bonchev–Trinajstić information content (AvgIpc) is 2.87. The van der Waals surface area contributed by atoms with Gasteiger partial charge in [-0.05, 0) is 86.9 Å².